The number of hydrogen-bond donors (Lipinski definition) is 1. The number of non-ortho nitro benzene ring substituents is 1. The standard InChI is InChI=1S/C15H20N6O5S/c1-11-2-3-12(21(22)23)8-13(11)27(24,25)20-6-4-19(5-7-20)10-14-17-15(9-16)26-18-14/h2-3,8H,4-7,9-10,16H2,1H3. The Morgan fingerprint density at radius 1 is 1.30 bits per heavy atom. The molecule has 12 heteroatoms. The minimum absolute atomic E-state index is 0.0316. The zero-order chi connectivity index (χ0) is 19.6. The van der Waals surface area contributed by atoms with Crippen molar-refractivity contribution in [1.29, 1.82) is 0 Å². The molecular formula is C15H20N6O5S. The van der Waals surface area contributed by atoms with Gasteiger partial charge in [0.15, 0.2) is 5.82 Å². The minimum atomic E-state index is -3.81. The van der Waals surface area contributed by atoms with Crippen LogP contribution in [-0.2, 0) is 23.1 Å². The number of benzene rings is 1. The smallest absolute Gasteiger partial charge is 0.270 e. The predicted molar refractivity (Wildman–Crippen MR) is 94.1 cm³/mol. The fourth-order valence-corrected chi connectivity index (χ4v) is 4.55. The summed E-state index contributed by atoms with van der Waals surface area (Å²) in [7, 11) is -3.81. The molecule has 0 spiro atoms. The number of rotatable bonds is 6. The summed E-state index contributed by atoms with van der Waals surface area (Å²) in [5.41, 5.74) is 5.67. The molecule has 1 aliphatic heterocycles. The van der Waals surface area contributed by atoms with Crippen LogP contribution in [0.3, 0.4) is 0 Å². The van der Waals surface area contributed by atoms with Crippen molar-refractivity contribution in [2.45, 2.75) is 24.9 Å². The molecule has 146 valence electrons. The molecule has 2 aromatic rings. The number of nitro benzene ring substituents is 1. The summed E-state index contributed by atoms with van der Waals surface area (Å²) in [6.07, 6.45) is 0. The number of nitro groups is 1. The molecule has 1 aromatic carbocycles. The highest BCUT2D eigenvalue weighted by atomic mass is 32.2. The number of sulfonamides is 1. The molecular weight excluding hydrogens is 376 g/mol. The van der Waals surface area contributed by atoms with E-state index in [1.165, 1.54) is 16.4 Å². The average Bonchev–Trinajstić information content (AvgIpc) is 3.09. The van der Waals surface area contributed by atoms with Gasteiger partial charge in [0.25, 0.3) is 5.69 Å². The second-order valence-electron chi connectivity index (χ2n) is 6.20. The highest BCUT2D eigenvalue weighted by molar-refractivity contribution is 7.89. The van der Waals surface area contributed by atoms with E-state index in [9.17, 15) is 18.5 Å². The van der Waals surface area contributed by atoms with E-state index < -0.39 is 14.9 Å². The first-order chi connectivity index (χ1) is 12.8. The third-order valence-electron chi connectivity index (χ3n) is 4.38. The maximum Gasteiger partial charge on any atom is 0.270 e. The van der Waals surface area contributed by atoms with Crippen LogP contribution in [-0.4, -0.2) is 58.9 Å². The maximum absolute atomic E-state index is 12.9. The maximum atomic E-state index is 12.9. The summed E-state index contributed by atoms with van der Waals surface area (Å²) < 4.78 is 32.1. The summed E-state index contributed by atoms with van der Waals surface area (Å²) in [6, 6.07) is 3.87. The van der Waals surface area contributed by atoms with Gasteiger partial charge < -0.3 is 10.3 Å². The highest BCUT2D eigenvalue weighted by Gasteiger charge is 2.31. The van der Waals surface area contributed by atoms with Crippen LogP contribution in [0.15, 0.2) is 27.6 Å². The lowest BCUT2D eigenvalue weighted by atomic mass is 10.2. The first-order valence-electron chi connectivity index (χ1n) is 8.30. The van der Waals surface area contributed by atoms with Crippen LogP contribution in [0.1, 0.15) is 17.3 Å². The van der Waals surface area contributed by atoms with Gasteiger partial charge in [-0.3, -0.25) is 15.0 Å². The van der Waals surface area contributed by atoms with E-state index in [0.29, 0.717) is 36.9 Å². The van der Waals surface area contributed by atoms with Crippen LogP contribution in [0.25, 0.3) is 0 Å². The van der Waals surface area contributed by atoms with Crippen LogP contribution in [0.5, 0.6) is 0 Å². The van der Waals surface area contributed by atoms with E-state index >= 15 is 0 Å². The fraction of sp³-hybridized carbons (Fsp3) is 0.467. The Balaban J connectivity index is 1.69. The molecule has 1 fully saturated rings. The van der Waals surface area contributed by atoms with E-state index in [0.717, 1.165) is 6.07 Å². The fourth-order valence-electron chi connectivity index (χ4n) is 2.88. The molecule has 11 nitrogen and oxygen atoms in total. The molecule has 0 unspecified atom stereocenters. The van der Waals surface area contributed by atoms with Gasteiger partial charge in [-0.25, -0.2) is 8.42 Å². The number of aryl methyl sites for hydroxylation is 1. The Bertz CT molecular complexity index is 936. The number of hydrogen-bond acceptors (Lipinski definition) is 9. The van der Waals surface area contributed by atoms with Gasteiger partial charge in [-0.1, -0.05) is 11.2 Å². The quantitative estimate of drug-likeness (QED) is 0.535. The molecule has 0 radical (unpaired) electrons. The molecule has 0 aliphatic carbocycles. The zero-order valence-corrected chi connectivity index (χ0v) is 15.6. The number of nitrogens with two attached hydrogens (primary N) is 1. The summed E-state index contributed by atoms with van der Waals surface area (Å²) in [6.45, 7) is 3.74. The second kappa shape index (κ2) is 7.68. The average molecular weight is 396 g/mol. The predicted octanol–water partition coefficient (Wildman–Crippen LogP) is 0.251. The lowest BCUT2D eigenvalue weighted by Gasteiger charge is -2.33. The monoisotopic (exact) mass is 396 g/mol. The molecule has 1 aliphatic rings. The largest absolute Gasteiger partial charge is 0.338 e. The Hall–Kier alpha value is -2.41. The van der Waals surface area contributed by atoms with Crippen LogP contribution in [0, 0.1) is 17.0 Å². The van der Waals surface area contributed by atoms with Crippen molar-refractivity contribution in [3.63, 3.8) is 0 Å². The minimum Gasteiger partial charge on any atom is -0.338 e. The Kier molecular flexibility index (Phi) is 5.51. The SMILES string of the molecule is Cc1ccc([N+](=O)[O-])cc1S(=O)(=O)N1CCN(Cc2noc(CN)n2)CC1. The summed E-state index contributed by atoms with van der Waals surface area (Å²) >= 11 is 0. The van der Waals surface area contributed by atoms with Crippen molar-refractivity contribution in [3.05, 3.63) is 45.6 Å². The second-order valence-corrected chi connectivity index (χ2v) is 8.10. The Labute approximate surface area is 155 Å². The van der Waals surface area contributed by atoms with Crippen molar-refractivity contribution in [2.24, 2.45) is 5.73 Å². The van der Waals surface area contributed by atoms with Gasteiger partial charge in [0.2, 0.25) is 15.9 Å². The van der Waals surface area contributed by atoms with Crippen molar-refractivity contribution in [1.82, 2.24) is 19.3 Å². The van der Waals surface area contributed by atoms with Crippen molar-refractivity contribution in [2.75, 3.05) is 26.2 Å². The molecule has 1 saturated heterocycles. The number of nitrogens with zero attached hydrogens (tertiary/aromatic N) is 5. The number of piperazine rings is 1. The van der Waals surface area contributed by atoms with Gasteiger partial charge >= 0.3 is 0 Å². The van der Waals surface area contributed by atoms with Crippen LogP contribution < -0.4 is 5.73 Å². The molecule has 1 aromatic heterocycles. The van der Waals surface area contributed by atoms with Gasteiger partial charge in [0, 0.05) is 38.3 Å². The summed E-state index contributed by atoms with van der Waals surface area (Å²) in [4.78, 5) is 16.5. The third-order valence-corrected chi connectivity index (χ3v) is 6.42. The van der Waals surface area contributed by atoms with Gasteiger partial charge in [-0.15, -0.1) is 0 Å². The Morgan fingerprint density at radius 2 is 2.00 bits per heavy atom. The van der Waals surface area contributed by atoms with E-state index in [2.05, 4.69) is 10.1 Å². The molecule has 0 saturated carbocycles. The zero-order valence-electron chi connectivity index (χ0n) is 14.7. The molecule has 0 atom stereocenters. The molecule has 3 rings (SSSR count). The van der Waals surface area contributed by atoms with Crippen LogP contribution in [0.4, 0.5) is 5.69 Å². The van der Waals surface area contributed by atoms with Crippen molar-refractivity contribution in [3.8, 4) is 0 Å². The molecule has 2 N–H and O–H groups in total. The first-order valence-corrected chi connectivity index (χ1v) is 9.74. The third kappa shape index (κ3) is 4.13. The van der Waals surface area contributed by atoms with Crippen molar-refractivity contribution >= 4 is 15.7 Å². The van der Waals surface area contributed by atoms with Crippen LogP contribution >= 0.6 is 0 Å². The van der Waals surface area contributed by atoms with Crippen LogP contribution in [0.2, 0.25) is 0 Å². The summed E-state index contributed by atoms with van der Waals surface area (Å²) in [5, 5.41) is 14.8. The normalized spacial score (nSPS) is 16.5. The molecule has 0 amide bonds. The molecule has 27 heavy (non-hydrogen) atoms. The van der Waals surface area contributed by atoms with E-state index in [1.807, 2.05) is 4.90 Å². The van der Waals surface area contributed by atoms with Gasteiger partial charge in [-0.05, 0) is 12.5 Å². The van der Waals surface area contributed by atoms with E-state index in [4.69, 9.17) is 10.3 Å². The molecule has 2 heterocycles. The topological polar surface area (TPSA) is 149 Å². The first kappa shape index (κ1) is 19.4. The highest BCUT2D eigenvalue weighted by Crippen LogP contribution is 2.25. The summed E-state index contributed by atoms with van der Waals surface area (Å²) in [5.74, 6) is 0.855. The van der Waals surface area contributed by atoms with Gasteiger partial charge in [-0.2, -0.15) is 9.29 Å². The lowest BCUT2D eigenvalue weighted by Crippen LogP contribution is -2.48. The van der Waals surface area contributed by atoms with Crippen molar-refractivity contribution < 1.29 is 17.9 Å². The lowest BCUT2D eigenvalue weighted by molar-refractivity contribution is -0.385. The van der Waals surface area contributed by atoms with Gasteiger partial charge in [0.1, 0.15) is 0 Å². The molecule has 0 bridgehead atoms. The Morgan fingerprint density at radius 3 is 2.59 bits per heavy atom. The van der Waals surface area contributed by atoms with Gasteiger partial charge in [0.05, 0.1) is 22.9 Å². The number of aromatic nitrogens is 2. The van der Waals surface area contributed by atoms with E-state index in [-0.39, 0.29) is 30.2 Å². The van der Waals surface area contributed by atoms with E-state index in [1.54, 1.807) is 6.92 Å².